The van der Waals surface area contributed by atoms with E-state index >= 15 is 0 Å². The van der Waals surface area contributed by atoms with Gasteiger partial charge in [0.1, 0.15) is 0 Å². The molecule has 0 radical (unpaired) electrons. The van der Waals surface area contributed by atoms with E-state index in [1.807, 2.05) is 30.5 Å². The van der Waals surface area contributed by atoms with E-state index in [9.17, 15) is 0 Å². The van der Waals surface area contributed by atoms with Crippen LogP contribution >= 0.6 is 11.6 Å². The molecule has 1 aromatic carbocycles. The molecule has 2 aromatic rings. The lowest BCUT2D eigenvalue weighted by Gasteiger charge is -2.28. The molecule has 1 fully saturated rings. The van der Waals surface area contributed by atoms with Gasteiger partial charge in [-0.2, -0.15) is 0 Å². The summed E-state index contributed by atoms with van der Waals surface area (Å²) in [5.74, 6) is 1.47. The molecule has 1 atom stereocenters. The molecular weight excluding hydrogens is 258 g/mol. The third kappa shape index (κ3) is 2.66. The molecule has 1 aliphatic rings. The molecule has 1 aromatic heterocycles. The smallest absolute Gasteiger partial charge is 0.226 e. The van der Waals surface area contributed by atoms with E-state index in [1.54, 1.807) is 0 Å². The van der Waals surface area contributed by atoms with Crippen LogP contribution in [-0.4, -0.2) is 28.4 Å². The van der Waals surface area contributed by atoms with E-state index in [1.165, 1.54) is 19.3 Å². The quantitative estimate of drug-likeness (QED) is 0.784. The fourth-order valence-corrected chi connectivity index (χ4v) is 3.02. The first-order valence-electron chi connectivity index (χ1n) is 6.93. The molecule has 1 saturated heterocycles. The number of alkyl halides is 1. The van der Waals surface area contributed by atoms with Crippen LogP contribution in [-0.2, 0) is 0 Å². The normalized spacial score (nSPS) is 20.5. The number of aromatic nitrogens is 2. The predicted octanol–water partition coefficient (Wildman–Crippen LogP) is 3.62. The van der Waals surface area contributed by atoms with E-state index < -0.39 is 0 Å². The minimum atomic E-state index is 0.366. The second-order valence-corrected chi connectivity index (χ2v) is 5.39. The Morgan fingerprint density at radius 3 is 3.00 bits per heavy atom. The summed E-state index contributed by atoms with van der Waals surface area (Å²) in [5.41, 5.74) is 1.00. The summed E-state index contributed by atoms with van der Waals surface area (Å²) in [6, 6.07) is 8.47. The Balaban J connectivity index is 1.96. The molecule has 0 amide bonds. The highest BCUT2D eigenvalue weighted by Crippen LogP contribution is 2.23. The number of fused-ring (bicyclic) bond motifs is 1. The lowest BCUT2D eigenvalue weighted by atomic mass is 10.1. The van der Waals surface area contributed by atoms with Crippen LogP contribution in [0.25, 0.3) is 10.9 Å². The average molecular weight is 276 g/mol. The Bertz CT molecular complexity index is 558. The standard InChI is InChI=1S/C15H18ClN3/c16-10-13-7-2-1-5-9-19(13)15-17-11-12-6-3-4-8-14(12)18-15/h3-4,6,8,11,13H,1-2,5,7,9-10H2. The van der Waals surface area contributed by atoms with Crippen LogP contribution in [0.3, 0.4) is 0 Å². The third-order valence-corrected chi connectivity index (χ3v) is 4.14. The van der Waals surface area contributed by atoms with Crippen molar-refractivity contribution in [2.45, 2.75) is 31.7 Å². The highest BCUT2D eigenvalue weighted by Gasteiger charge is 2.22. The molecule has 3 rings (SSSR count). The summed E-state index contributed by atoms with van der Waals surface area (Å²) in [5, 5.41) is 1.09. The maximum absolute atomic E-state index is 6.12. The zero-order valence-corrected chi connectivity index (χ0v) is 11.7. The van der Waals surface area contributed by atoms with Crippen molar-refractivity contribution in [3.63, 3.8) is 0 Å². The number of rotatable bonds is 2. The van der Waals surface area contributed by atoms with Gasteiger partial charge in [0, 0.05) is 30.0 Å². The number of benzene rings is 1. The molecule has 0 saturated carbocycles. The minimum absolute atomic E-state index is 0.366. The van der Waals surface area contributed by atoms with E-state index in [4.69, 9.17) is 16.6 Å². The fraction of sp³-hybridized carbons (Fsp3) is 0.467. The van der Waals surface area contributed by atoms with Gasteiger partial charge in [-0.3, -0.25) is 0 Å². The topological polar surface area (TPSA) is 29.0 Å². The average Bonchev–Trinajstić information content (AvgIpc) is 2.72. The second kappa shape index (κ2) is 5.74. The van der Waals surface area contributed by atoms with Gasteiger partial charge in [-0.25, -0.2) is 9.97 Å². The zero-order valence-electron chi connectivity index (χ0n) is 10.9. The molecule has 1 unspecified atom stereocenters. The number of nitrogens with zero attached hydrogens (tertiary/aromatic N) is 3. The van der Waals surface area contributed by atoms with Crippen molar-refractivity contribution in [2.75, 3.05) is 17.3 Å². The number of anilines is 1. The van der Waals surface area contributed by atoms with Crippen molar-refractivity contribution in [1.82, 2.24) is 9.97 Å². The summed E-state index contributed by atoms with van der Waals surface area (Å²) >= 11 is 6.12. The first-order chi connectivity index (χ1) is 9.38. The Morgan fingerprint density at radius 2 is 2.11 bits per heavy atom. The SMILES string of the molecule is ClCC1CCCCCN1c1ncc2ccccc2n1. The molecule has 0 spiro atoms. The first-order valence-corrected chi connectivity index (χ1v) is 7.46. The summed E-state index contributed by atoms with van der Waals surface area (Å²) in [6.07, 6.45) is 6.77. The van der Waals surface area contributed by atoms with E-state index in [2.05, 4.69) is 9.88 Å². The number of halogens is 1. The molecule has 0 bridgehead atoms. The monoisotopic (exact) mass is 275 g/mol. The zero-order chi connectivity index (χ0) is 13.1. The van der Waals surface area contributed by atoms with Gasteiger partial charge >= 0.3 is 0 Å². The molecule has 4 heteroatoms. The van der Waals surface area contributed by atoms with E-state index in [0.29, 0.717) is 11.9 Å². The Labute approximate surface area is 118 Å². The summed E-state index contributed by atoms with van der Waals surface area (Å²) in [7, 11) is 0. The van der Waals surface area contributed by atoms with Crippen LogP contribution in [0.5, 0.6) is 0 Å². The molecule has 0 N–H and O–H groups in total. The van der Waals surface area contributed by atoms with Crippen molar-refractivity contribution < 1.29 is 0 Å². The lowest BCUT2D eigenvalue weighted by Crippen LogP contribution is -2.37. The van der Waals surface area contributed by atoms with Crippen LogP contribution in [0, 0.1) is 0 Å². The van der Waals surface area contributed by atoms with Gasteiger partial charge in [0.15, 0.2) is 0 Å². The van der Waals surface area contributed by atoms with Crippen LogP contribution < -0.4 is 4.90 Å². The number of para-hydroxylation sites is 1. The summed E-state index contributed by atoms with van der Waals surface area (Å²) in [6.45, 7) is 1.01. The van der Waals surface area contributed by atoms with Crippen molar-refractivity contribution in [3.05, 3.63) is 30.5 Å². The molecule has 100 valence electrons. The third-order valence-electron chi connectivity index (χ3n) is 3.79. The van der Waals surface area contributed by atoms with Gasteiger partial charge in [0.05, 0.1) is 5.52 Å². The Hall–Kier alpha value is -1.35. The van der Waals surface area contributed by atoms with Crippen LogP contribution in [0.4, 0.5) is 5.95 Å². The van der Waals surface area contributed by atoms with Crippen molar-refractivity contribution >= 4 is 28.5 Å². The van der Waals surface area contributed by atoms with Crippen molar-refractivity contribution in [2.24, 2.45) is 0 Å². The maximum atomic E-state index is 6.12. The minimum Gasteiger partial charge on any atom is -0.337 e. The molecule has 2 heterocycles. The van der Waals surface area contributed by atoms with Crippen molar-refractivity contribution in [3.8, 4) is 0 Å². The summed E-state index contributed by atoms with van der Waals surface area (Å²) in [4.78, 5) is 11.5. The molecular formula is C15H18ClN3. The lowest BCUT2D eigenvalue weighted by molar-refractivity contribution is 0.611. The number of hydrogen-bond acceptors (Lipinski definition) is 3. The van der Waals surface area contributed by atoms with Gasteiger partial charge in [-0.1, -0.05) is 31.0 Å². The van der Waals surface area contributed by atoms with Crippen molar-refractivity contribution in [1.29, 1.82) is 0 Å². The van der Waals surface area contributed by atoms with Gasteiger partial charge in [0.25, 0.3) is 0 Å². The van der Waals surface area contributed by atoms with Gasteiger partial charge in [0.2, 0.25) is 5.95 Å². The first kappa shape index (κ1) is 12.7. The van der Waals surface area contributed by atoms with Gasteiger partial charge in [-0.05, 0) is 18.9 Å². The Morgan fingerprint density at radius 1 is 1.21 bits per heavy atom. The second-order valence-electron chi connectivity index (χ2n) is 5.08. The van der Waals surface area contributed by atoms with Crippen LogP contribution in [0.1, 0.15) is 25.7 Å². The van der Waals surface area contributed by atoms with E-state index in [0.717, 1.165) is 29.8 Å². The largest absolute Gasteiger partial charge is 0.337 e. The fourth-order valence-electron chi connectivity index (χ4n) is 2.70. The van der Waals surface area contributed by atoms with Gasteiger partial charge in [-0.15, -0.1) is 11.6 Å². The highest BCUT2D eigenvalue weighted by atomic mass is 35.5. The van der Waals surface area contributed by atoms with E-state index in [-0.39, 0.29) is 0 Å². The van der Waals surface area contributed by atoms with Gasteiger partial charge < -0.3 is 4.90 Å². The molecule has 1 aliphatic heterocycles. The molecule has 19 heavy (non-hydrogen) atoms. The van der Waals surface area contributed by atoms with Crippen LogP contribution in [0.2, 0.25) is 0 Å². The Kier molecular flexibility index (Phi) is 3.83. The number of hydrogen-bond donors (Lipinski definition) is 0. The summed E-state index contributed by atoms with van der Waals surface area (Å²) < 4.78 is 0. The highest BCUT2D eigenvalue weighted by molar-refractivity contribution is 6.18. The maximum Gasteiger partial charge on any atom is 0.226 e. The predicted molar refractivity (Wildman–Crippen MR) is 79.9 cm³/mol. The molecule has 0 aliphatic carbocycles. The molecule has 3 nitrogen and oxygen atoms in total. The van der Waals surface area contributed by atoms with Crippen LogP contribution in [0.15, 0.2) is 30.5 Å².